The molecule has 7 heteroatoms. The molecule has 1 aliphatic heterocycles. The average molecular weight is 583 g/mol. The molecule has 0 aliphatic carbocycles. The van der Waals surface area contributed by atoms with Crippen molar-refractivity contribution in [2.24, 2.45) is 0 Å². The highest BCUT2D eigenvalue weighted by Crippen LogP contribution is 2.34. The lowest BCUT2D eigenvalue weighted by Gasteiger charge is -2.36. The number of para-hydroxylation sites is 1. The van der Waals surface area contributed by atoms with Crippen molar-refractivity contribution in [3.63, 3.8) is 0 Å². The van der Waals surface area contributed by atoms with E-state index in [1.807, 2.05) is 56.3 Å². The molecule has 1 fully saturated rings. The largest absolute Gasteiger partial charge is 0.369 e. The van der Waals surface area contributed by atoms with Gasteiger partial charge < -0.3 is 10.2 Å². The van der Waals surface area contributed by atoms with Gasteiger partial charge in [0.15, 0.2) is 0 Å². The Bertz CT molecular complexity index is 1460. The van der Waals surface area contributed by atoms with Crippen LogP contribution in [0.25, 0.3) is 5.57 Å². The Morgan fingerprint density at radius 1 is 1.02 bits per heavy atom. The summed E-state index contributed by atoms with van der Waals surface area (Å²) in [7, 11) is 0. The van der Waals surface area contributed by atoms with Gasteiger partial charge in [-0.05, 0) is 78.9 Å². The zero-order valence-corrected chi connectivity index (χ0v) is 25.4. The number of carbonyl (C=O) groups is 2. The first kappa shape index (κ1) is 30.9. The van der Waals surface area contributed by atoms with E-state index in [2.05, 4.69) is 57.4 Å². The minimum absolute atomic E-state index is 0.0643. The average Bonchev–Trinajstić information content (AvgIpc) is 3.03. The van der Waals surface area contributed by atoms with Crippen molar-refractivity contribution in [3.8, 4) is 0 Å². The van der Waals surface area contributed by atoms with E-state index in [9.17, 15) is 9.59 Å². The van der Waals surface area contributed by atoms with Crippen molar-refractivity contribution in [3.05, 3.63) is 124 Å². The first-order chi connectivity index (χ1) is 20.5. The number of hydrogen-bond donors (Lipinski definition) is 1. The third kappa shape index (κ3) is 7.84. The molecule has 0 bridgehead atoms. The Kier molecular flexibility index (Phi) is 11.3. The van der Waals surface area contributed by atoms with Gasteiger partial charge in [0.05, 0.1) is 6.42 Å². The number of halogens is 1. The Morgan fingerprint density at radius 2 is 1.79 bits per heavy atom. The quantitative estimate of drug-likeness (QED) is 0.157. The van der Waals surface area contributed by atoms with Crippen LogP contribution in [0.15, 0.2) is 96.5 Å². The number of pyridine rings is 1. The Morgan fingerprint density at radius 3 is 2.40 bits per heavy atom. The first-order valence-electron chi connectivity index (χ1n) is 14.5. The lowest BCUT2D eigenvalue weighted by atomic mass is 9.87. The molecule has 6 nitrogen and oxygen atoms in total. The second-order valence-electron chi connectivity index (χ2n) is 10.3. The van der Waals surface area contributed by atoms with Crippen LogP contribution < -0.4 is 10.2 Å². The van der Waals surface area contributed by atoms with Crippen LogP contribution in [0.2, 0.25) is 5.02 Å². The summed E-state index contributed by atoms with van der Waals surface area (Å²) in [5, 5.41) is 3.61. The number of aldehydes is 1. The monoisotopic (exact) mass is 582 g/mol. The van der Waals surface area contributed by atoms with E-state index in [1.54, 1.807) is 12.4 Å². The summed E-state index contributed by atoms with van der Waals surface area (Å²) >= 11 is 6.86. The number of aromatic nitrogens is 1. The second-order valence-corrected chi connectivity index (χ2v) is 10.7. The fourth-order valence-corrected chi connectivity index (χ4v) is 5.58. The lowest BCUT2D eigenvalue weighted by molar-refractivity contribution is -0.120. The summed E-state index contributed by atoms with van der Waals surface area (Å²) in [5.74, 6) is -0.256. The molecule has 1 N–H and O–H groups in total. The van der Waals surface area contributed by atoms with E-state index >= 15 is 0 Å². The Balaban J connectivity index is 1.67. The molecule has 0 spiro atoms. The number of hydrogen-bond acceptors (Lipinski definition) is 5. The number of benzene rings is 2. The van der Waals surface area contributed by atoms with Gasteiger partial charge in [0.1, 0.15) is 6.29 Å². The normalized spacial score (nSPS) is 15.0. The van der Waals surface area contributed by atoms with Crippen molar-refractivity contribution >= 4 is 35.1 Å². The Labute approximate surface area is 254 Å². The van der Waals surface area contributed by atoms with Crippen LogP contribution in [-0.2, 0) is 22.6 Å². The maximum atomic E-state index is 13.1. The van der Waals surface area contributed by atoms with Crippen molar-refractivity contribution in [2.45, 2.75) is 40.2 Å². The van der Waals surface area contributed by atoms with Crippen molar-refractivity contribution in [2.75, 3.05) is 31.1 Å². The van der Waals surface area contributed by atoms with Gasteiger partial charge >= 0.3 is 0 Å². The fourth-order valence-electron chi connectivity index (χ4n) is 5.33. The molecular formula is C35H39ClN4O2. The molecule has 0 radical (unpaired) electrons. The van der Waals surface area contributed by atoms with Crippen molar-refractivity contribution in [1.29, 1.82) is 0 Å². The second kappa shape index (κ2) is 15.3. The molecule has 2 aromatic carbocycles. The van der Waals surface area contributed by atoms with Gasteiger partial charge in [-0.1, -0.05) is 54.9 Å². The van der Waals surface area contributed by atoms with Gasteiger partial charge in [0, 0.05) is 72.7 Å². The van der Waals surface area contributed by atoms with E-state index in [0.717, 1.165) is 61.1 Å². The van der Waals surface area contributed by atoms with Gasteiger partial charge in [-0.3, -0.25) is 19.5 Å². The third-order valence-corrected chi connectivity index (χ3v) is 7.87. The predicted octanol–water partition coefficient (Wildman–Crippen LogP) is 6.61. The molecule has 218 valence electrons. The molecule has 1 amide bonds. The highest BCUT2D eigenvalue weighted by atomic mass is 35.5. The number of anilines is 1. The number of amides is 1. The zero-order valence-electron chi connectivity index (χ0n) is 24.6. The standard InChI is InChI=1S/C35H39ClN4O2/c1-4-11-30(6-3)38-34(42)22-29(25-41)35(27-12-10-15-37-23-27)32-20-28(33(36)21-26(32)5-2)24-39-16-18-40(19-17-39)31-13-8-7-9-14-31/h4,6-15,20-21,23,25H,5,16-19,22,24H2,1-3H3,(H,38,42)/b11-4-,30-6+,35-29-. The van der Waals surface area contributed by atoms with Crippen molar-refractivity contribution in [1.82, 2.24) is 15.2 Å². The van der Waals surface area contributed by atoms with Crippen LogP contribution in [-0.4, -0.2) is 48.3 Å². The van der Waals surface area contributed by atoms with Gasteiger partial charge in [-0.15, -0.1) is 0 Å². The van der Waals surface area contributed by atoms with Gasteiger partial charge in [-0.2, -0.15) is 0 Å². The van der Waals surface area contributed by atoms with E-state index < -0.39 is 0 Å². The van der Waals surface area contributed by atoms with E-state index in [4.69, 9.17) is 11.6 Å². The summed E-state index contributed by atoms with van der Waals surface area (Å²) in [5.41, 5.74) is 6.74. The highest BCUT2D eigenvalue weighted by molar-refractivity contribution is 6.31. The number of piperazine rings is 1. The van der Waals surface area contributed by atoms with Gasteiger partial charge in [0.2, 0.25) is 5.91 Å². The molecule has 42 heavy (non-hydrogen) atoms. The number of carbonyl (C=O) groups excluding carboxylic acids is 2. The first-order valence-corrected chi connectivity index (χ1v) is 14.9. The SMILES string of the molecule is C/C=C\C(=C/C)NC(=O)C/C(C=O)=C(\c1cccnc1)c1cc(CN2CCN(c3ccccc3)CC2)c(Cl)cc1CC. The maximum Gasteiger partial charge on any atom is 0.228 e. The minimum Gasteiger partial charge on any atom is -0.369 e. The van der Waals surface area contributed by atoms with Crippen LogP contribution in [0.4, 0.5) is 5.69 Å². The molecule has 0 unspecified atom stereocenters. The lowest BCUT2D eigenvalue weighted by Crippen LogP contribution is -2.46. The fraction of sp³-hybridized carbons (Fsp3) is 0.286. The molecule has 0 saturated carbocycles. The van der Waals surface area contributed by atoms with Crippen LogP contribution >= 0.6 is 11.6 Å². The number of allylic oxidation sites excluding steroid dienone is 3. The van der Waals surface area contributed by atoms with Gasteiger partial charge in [0.25, 0.3) is 0 Å². The Hall–Kier alpha value is -4.00. The smallest absolute Gasteiger partial charge is 0.228 e. The van der Waals surface area contributed by atoms with Crippen LogP contribution in [0, 0.1) is 0 Å². The van der Waals surface area contributed by atoms with E-state index in [-0.39, 0.29) is 12.3 Å². The molecule has 2 heterocycles. The maximum absolute atomic E-state index is 13.1. The summed E-state index contributed by atoms with van der Waals surface area (Å²) < 4.78 is 0. The van der Waals surface area contributed by atoms with Gasteiger partial charge in [-0.25, -0.2) is 0 Å². The summed E-state index contributed by atoms with van der Waals surface area (Å²) in [4.78, 5) is 34.8. The highest BCUT2D eigenvalue weighted by Gasteiger charge is 2.22. The van der Waals surface area contributed by atoms with E-state index in [1.165, 1.54) is 5.69 Å². The summed E-state index contributed by atoms with van der Waals surface area (Å²) in [6.07, 6.45) is 10.4. The molecule has 3 aromatic rings. The van der Waals surface area contributed by atoms with E-state index in [0.29, 0.717) is 28.4 Å². The van der Waals surface area contributed by atoms with Crippen molar-refractivity contribution < 1.29 is 9.59 Å². The molecule has 1 aromatic heterocycles. The molecule has 1 aliphatic rings. The van der Waals surface area contributed by atoms with Crippen LogP contribution in [0.3, 0.4) is 0 Å². The third-order valence-electron chi connectivity index (χ3n) is 7.52. The zero-order chi connectivity index (χ0) is 29.9. The van der Waals surface area contributed by atoms with Crippen LogP contribution in [0.1, 0.15) is 49.4 Å². The molecule has 0 atom stereocenters. The molecular weight excluding hydrogens is 544 g/mol. The number of aryl methyl sites for hydroxylation is 1. The molecule has 4 rings (SSSR count). The number of nitrogens with zero attached hydrogens (tertiary/aromatic N) is 3. The number of rotatable bonds is 11. The predicted molar refractivity (Wildman–Crippen MR) is 172 cm³/mol. The summed E-state index contributed by atoms with van der Waals surface area (Å²) in [6.45, 7) is 10.2. The minimum atomic E-state index is -0.256. The number of nitrogens with one attached hydrogen (secondary N) is 1. The summed E-state index contributed by atoms with van der Waals surface area (Å²) in [6, 6.07) is 18.4. The van der Waals surface area contributed by atoms with Crippen LogP contribution in [0.5, 0.6) is 0 Å². The topological polar surface area (TPSA) is 65.5 Å². The molecule has 1 saturated heterocycles.